The van der Waals surface area contributed by atoms with Gasteiger partial charge in [-0.15, -0.1) is 6.42 Å². The molecular weight excluding hydrogens is 218 g/mol. The van der Waals surface area contributed by atoms with Crippen LogP contribution in [-0.2, 0) is 9.53 Å². The van der Waals surface area contributed by atoms with Gasteiger partial charge >= 0.3 is 6.09 Å². The summed E-state index contributed by atoms with van der Waals surface area (Å²) in [7, 11) is 0. The van der Waals surface area contributed by atoms with Crippen molar-refractivity contribution in [1.82, 2.24) is 0 Å². The van der Waals surface area contributed by atoms with Gasteiger partial charge in [0, 0.05) is 12.1 Å². The zero-order valence-corrected chi connectivity index (χ0v) is 9.31. The van der Waals surface area contributed by atoms with Gasteiger partial charge in [-0.2, -0.15) is 0 Å². The predicted molar refractivity (Wildman–Crippen MR) is 64.5 cm³/mol. The third-order valence-corrected chi connectivity index (χ3v) is 1.93. The summed E-state index contributed by atoms with van der Waals surface area (Å²) in [6, 6.07) is 8.92. The largest absolute Gasteiger partial charge is 0.449 e. The molecule has 0 aliphatic carbocycles. The molecule has 0 radical (unpaired) electrons. The number of ether oxygens (including phenoxy) is 1. The van der Waals surface area contributed by atoms with Gasteiger partial charge in [-0.05, 0) is 12.1 Å². The summed E-state index contributed by atoms with van der Waals surface area (Å²) in [5, 5.41) is 2.53. The monoisotopic (exact) mass is 231 g/mol. The number of Topliss-reactive ketones (excluding diaryl/α,β-unsaturated/α-hetero) is 1. The van der Waals surface area contributed by atoms with E-state index in [0.29, 0.717) is 5.69 Å². The van der Waals surface area contributed by atoms with Crippen LogP contribution in [-0.4, -0.2) is 18.5 Å². The summed E-state index contributed by atoms with van der Waals surface area (Å²) in [5.41, 5.74) is 0.646. The van der Waals surface area contributed by atoms with Crippen molar-refractivity contribution in [1.29, 1.82) is 0 Å². The van der Waals surface area contributed by atoms with Crippen LogP contribution in [0.4, 0.5) is 10.5 Å². The molecule has 17 heavy (non-hydrogen) atoms. The third kappa shape index (κ3) is 5.38. The molecule has 0 atom stereocenters. The van der Waals surface area contributed by atoms with Crippen LogP contribution in [0.25, 0.3) is 0 Å². The van der Waals surface area contributed by atoms with Gasteiger partial charge < -0.3 is 4.74 Å². The Bertz CT molecular complexity index is 420. The van der Waals surface area contributed by atoms with E-state index in [1.165, 1.54) is 0 Å². The molecule has 0 aromatic heterocycles. The minimum atomic E-state index is -0.579. The van der Waals surface area contributed by atoms with Gasteiger partial charge in [0.25, 0.3) is 0 Å². The molecule has 0 saturated heterocycles. The molecule has 0 bridgehead atoms. The maximum atomic E-state index is 11.3. The van der Waals surface area contributed by atoms with Crippen LogP contribution in [0.2, 0.25) is 0 Å². The molecule has 0 aliphatic heterocycles. The molecule has 0 aliphatic rings. The lowest BCUT2D eigenvalue weighted by molar-refractivity contribution is -0.118. The van der Waals surface area contributed by atoms with Crippen molar-refractivity contribution in [2.75, 3.05) is 11.9 Å². The van der Waals surface area contributed by atoms with Gasteiger partial charge in [-0.3, -0.25) is 10.1 Å². The maximum Gasteiger partial charge on any atom is 0.411 e. The van der Waals surface area contributed by atoms with Gasteiger partial charge in [-0.1, -0.05) is 24.1 Å². The number of carbonyl (C=O) groups is 2. The van der Waals surface area contributed by atoms with E-state index in [1.54, 1.807) is 24.3 Å². The number of terminal acetylenes is 1. The van der Waals surface area contributed by atoms with Crippen molar-refractivity contribution in [3.8, 4) is 12.3 Å². The first-order valence-electron chi connectivity index (χ1n) is 5.16. The van der Waals surface area contributed by atoms with Gasteiger partial charge in [0.2, 0.25) is 0 Å². The van der Waals surface area contributed by atoms with Gasteiger partial charge in [-0.25, -0.2) is 4.79 Å². The van der Waals surface area contributed by atoms with Crippen LogP contribution >= 0.6 is 0 Å². The van der Waals surface area contributed by atoms with Crippen LogP contribution in [0.15, 0.2) is 30.3 Å². The Morgan fingerprint density at radius 2 is 2.00 bits per heavy atom. The van der Waals surface area contributed by atoms with Gasteiger partial charge in [0.15, 0.2) is 0 Å². The Hall–Kier alpha value is -2.28. The average Bonchev–Trinajstić information content (AvgIpc) is 2.30. The fourth-order valence-electron chi connectivity index (χ4n) is 1.14. The van der Waals surface area contributed by atoms with Crippen LogP contribution in [0.3, 0.4) is 0 Å². The second-order valence-electron chi connectivity index (χ2n) is 3.30. The summed E-state index contributed by atoms with van der Waals surface area (Å²) in [6.45, 7) is 0.0409. The highest BCUT2D eigenvalue weighted by molar-refractivity contribution is 5.85. The third-order valence-electron chi connectivity index (χ3n) is 1.93. The average molecular weight is 231 g/mol. The highest BCUT2D eigenvalue weighted by Gasteiger charge is 2.04. The number of carbonyl (C=O) groups excluding carboxylic acids is 2. The number of hydrogen-bond donors (Lipinski definition) is 1. The number of para-hydroxylation sites is 1. The SMILES string of the molecule is C#CCC(=O)CCOC(=O)Nc1ccccc1. The van der Waals surface area contributed by atoms with Gasteiger partial charge in [0.1, 0.15) is 12.4 Å². The molecule has 88 valence electrons. The Kier molecular flexibility index (Phi) is 5.32. The summed E-state index contributed by atoms with van der Waals surface area (Å²) < 4.78 is 4.82. The first-order valence-corrected chi connectivity index (χ1v) is 5.16. The van der Waals surface area contributed by atoms with Crippen LogP contribution in [0, 0.1) is 12.3 Å². The molecule has 0 saturated carbocycles. The number of rotatable bonds is 5. The molecule has 1 aromatic carbocycles. The zero-order chi connectivity index (χ0) is 12.5. The zero-order valence-electron chi connectivity index (χ0n) is 9.31. The summed E-state index contributed by atoms with van der Waals surface area (Å²) >= 11 is 0. The van der Waals surface area contributed by atoms with Crippen LogP contribution in [0.5, 0.6) is 0 Å². The Balaban J connectivity index is 2.23. The lowest BCUT2D eigenvalue weighted by Gasteiger charge is -2.05. The Morgan fingerprint density at radius 1 is 1.29 bits per heavy atom. The number of benzene rings is 1. The Morgan fingerprint density at radius 3 is 2.65 bits per heavy atom. The lowest BCUT2D eigenvalue weighted by Crippen LogP contribution is -2.15. The highest BCUT2D eigenvalue weighted by Crippen LogP contribution is 2.05. The normalized spacial score (nSPS) is 9.12. The van der Waals surface area contributed by atoms with Crippen molar-refractivity contribution in [3.05, 3.63) is 30.3 Å². The molecule has 0 heterocycles. The molecule has 1 aromatic rings. The highest BCUT2D eigenvalue weighted by atomic mass is 16.5. The Labute approximate surface area is 100.0 Å². The fourth-order valence-corrected chi connectivity index (χ4v) is 1.14. The van der Waals surface area contributed by atoms with Gasteiger partial charge in [0.05, 0.1) is 6.42 Å². The smallest absolute Gasteiger partial charge is 0.411 e. The lowest BCUT2D eigenvalue weighted by atomic mass is 10.2. The standard InChI is InChI=1S/C13H13NO3/c1-2-6-12(15)9-10-17-13(16)14-11-7-4-3-5-8-11/h1,3-5,7-8H,6,9-10H2,(H,14,16). The molecule has 0 unspecified atom stereocenters. The van der Waals surface area contributed by atoms with Crippen molar-refractivity contribution < 1.29 is 14.3 Å². The van der Waals surface area contributed by atoms with Crippen molar-refractivity contribution in [2.45, 2.75) is 12.8 Å². The minimum Gasteiger partial charge on any atom is -0.449 e. The number of ketones is 1. The summed E-state index contributed by atoms with van der Waals surface area (Å²) in [5.74, 6) is 2.13. The van der Waals surface area contributed by atoms with Crippen molar-refractivity contribution in [3.63, 3.8) is 0 Å². The topological polar surface area (TPSA) is 55.4 Å². The van der Waals surface area contributed by atoms with Crippen LogP contribution < -0.4 is 5.32 Å². The summed E-state index contributed by atoms with van der Waals surface area (Å²) in [6.07, 6.45) is 4.61. The molecule has 0 fully saturated rings. The second kappa shape index (κ2) is 7.07. The predicted octanol–water partition coefficient (Wildman–Crippen LogP) is 2.22. The van der Waals surface area contributed by atoms with E-state index in [4.69, 9.17) is 11.2 Å². The molecular formula is C13H13NO3. The minimum absolute atomic E-state index is 0.0409. The maximum absolute atomic E-state index is 11.3. The van der Waals surface area contributed by atoms with E-state index in [2.05, 4.69) is 11.2 Å². The van der Waals surface area contributed by atoms with E-state index in [-0.39, 0.29) is 25.2 Å². The number of nitrogens with one attached hydrogen (secondary N) is 1. The van der Waals surface area contributed by atoms with E-state index in [0.717, 1.165) is 0 Å². The van der Waals surface area contributed by atoms with E-state index in [9.17, 15) is 9.59 Å². The molecule has 1 amide bonds. The fraction of sp³-hybridized carbons (Fsp3) is 0.231. The van der Waals surface area contributed by atoms with E-state index in [1.807, 2.05) is 6.07 Å². The number of hydrogen-bond acceptors (Lipinski definition) is 3. The van der Waals surface area contributed by atoms with Crippen molar-refractivity contribution in [2.24, 2.45) is 0 Å². The summed E-state index contributed by atoms with van der Waals surface area (Å²) in [4.78, 5) is 22.3. The molecule has 4 nitrogen and oxygen atoms in total. The van der Waals surface area contributed by atoms with E-state index < -0.39 is 6.09 Å². The molecule has 4 heteroatoms. The number of anilines is 1. The molecule has 0 spiro atoms. The van der Waals surface area contributed by atoms with Crippen molar-refractivity contribution >= 4 is 17.6 Å². The van der Waals surface area contributed by atoms with Crippen LogP contribution in [0.1, 0.15) is 12.8 Å². The second-order valence-corrected chi connectivity index (χ2v) is 3.30. The first kappa shape index (κ1) is 12.8. The van der Waals surface area contributed by atoms with E-state index >= 15 is 0 Å². The first-order chi connectivity index (χ1) is 8.22. The molecule has 1 N–H and O–H groups in total. The quantitative estimate of drug-likeness (QED) is 0.790. The molecule has 1 rings (SSSR count). The number of amides is 1.